The van der Waals surface area contributed by atoms with E-state index in [1.54, 1.807) is 0 Å². The summed E-state index contributed by atoms with van der Waals surface area (Å²) >= 11 is 3.47. The third-order valence-corrected chi connectivity index (χ3v) is 4.18. The Morgan fingerprint density at radius 3 is 2.35 bits per heavy atom. The molecule has 1 nitrogen and oxygen atoms in total. The molecular formula is C16H14BrF2N. The third kappa shape index (κ3) is 3.01. The fourth-order valence-corrected chi connectivity index (χ4v) is 3.06. The first-order valence-corrected chi connectivity index (χ1v) is 7.37. The molecule has 104 valence electrons. The van der Waals surface area contributed by atoms with Crippen LogP contribution in [0.15, 0.2) is 46.9 Å². The van der Waals surface area contributed by atoms with Crippen molar-refractivity contribution in [2.45, 2.75) is 24.8 Å². The van der Waals surface area contributed by atoms with Crippen LogP contribution < -0.4 is 5.32 Å². The summed E-state index contributed by atoms with van der Waals surface area (Å²) < 4.78 is 27.3. The van der Waals surface area contributed by atoms with E-state index in [1.165, 1.54) is 17.7 Å². The Kier molecular flexibility index (Phi) is 3.74. The van der Waals surface area contributed by atoms with Gasteiger partial charge in [-0.1, -0.05) is 28.1 Å². The maximum Gasteiger partial charge on any atom is 0.128 e. The molecular weight excluding hydrogens is 324 g/mol. The Morgan fingerprint density at radius 2 is 1.70 bits per heavy atom. The van der Waals surface area contributed by atoms with E-state index in [2.05, 4.69) is 33.4 Å². The fraction of sp³-hybridized carbons (Fsp3) is 0.250. The van der Waals surface area contributed by atoms with E-state index in [-0.39, 0.29) is 6.04 Å². The number of halogens is 3. The number of benzene rings is 2. The molecule has 20 heavy (non-hydrogen) atoms. The van der Waals surface area contributed by atoms with Gasteiger partial charge in [-0.05, 0) is 48.6 Å². The van der Waals surface area contributed by atoms with Gasteiger partial charge < -0.3 is 5.32 Å². The molecule has 3 rings (SSSR count). The van der Waals surface area contributed by atoms with E-state index in [0.717, 1.165) is 23.4 Å². The van der Waals surface area contributed by atoms with Crippen molar-refractivity contribution < 1.29 is 8.78 Å². The third-order valence-electron chi connectivity index (χ3n) is 3.69. The molecule has 0 amide bonds. The lowest BCUT2D eigenvalue weighted by Gasteiger charge is -2.37. The number of anilines is 1. The summed E-state index contributed by atoms with van der Waals surface area (Å²) in [5.74, 6) is -0.575. The lowest BCUT2D eigenvalue weighted by atomic mass is 9.76. The zero-order chi connectivity index (χ0) is 14.1. The van der Waals surface area contributed by atoms with Crippen molar-refractivity contribution in [3.8, 4) is 0 Å². The molecule has 0 aliphatic heterocycles. The summed E-state index contributed by atoms with van der Waals surface area (Å²) in [7, 11) is 0. The molecule has 1 aliphatic rings. The first-order chi connectivity index (χ1) is 9.60. The second-order valence-electron chi connectivity index (χ2n) is 5.22. The second kappa shape index (κ2) is 5.52. The molecule has 0 aromatic heterocycles. The van der Waals surface area contributed by atoms with Gasteiger partial charge in [0.25, 0.3) is 0 Å². The van der Waals surface area contributed by atoms with Crippen molar-refractivity contribution >= 4 is 21.6 Å². The zero-order valence-corrected chi connectivity index (χ0v) is 12.3. The monoisotopic (exact) mass is 337 g/mol. The minimum atomic E-state index is -0.546. The van der Waals surface area contributed by atoms with E-state index in [1.807, 2.05) is 12.1 Å². The summed E-state index contributed by atoms with van der Waals surface area (Å²) in [6, 6.07) is 12.1. The first kappa shape index (κ1) is 13.6. The predicted octanol–water partition coefficient (Wildman–Crippen LogP) is 5.09. The van der Waals surface area contributed by atoms with E-state index in [4.69, 9.17) is 0 Å². The topological polar surface area (TPSA) is 12.0 Å². The Morgan fingerprint density at radius 1 is 1.00 bits per heavy atom. The Labute approximate surface area is 125 Å². The standard InChI is InChI=1S/C16H14BrF2N/c17-12-3-1-2-10(4-12)11-5-15(6-11)20-16-8-13(18)7-14(19)9-16/h1-4,7-9,11,15,20H,5-6H2. The SMILES string of the molecule is Fc1cc(F)cc(NC2CC(c3cccc(Br)c3)C2)c1. The van der Waals surface area contributed by atoms with Crippen LogP contribution in [0, 0.1) is 11.6 Å². The predicted molar refractivity (Wildman–Crippen MR) is 79.9 cm³/mol. The highest BCUT2D eigenvalue weighted by Crippen LogP contribution is 2.39. The van der Waals surface area contributed by atoms with Crippen LogP contribution >= 0.6 is 15.9 Å². The molecule has 1 fully saturated rings. The zero-order valence-electron chi connectivity index (χ0n) is 10.7. The molecule has 0 unspecified atom stereocenters. The highest BCUT2D eigenvalue weighted by atomic mass is 79.9. The molecule has 0 saturated heterocycles. The second-order valence-corrected chi connectivity index (χ2v) is 6.14. The lowest BCUT2D eigenvalue weighted by Crippen LogP contribution is -2.34. The summed E-state index contributed by atoms with van der Waals surface area (Å²) in [6.45, 7) is 0. The van der Waals surface area contributed by atoms with Crippen LogP contribution in [0.1, 0.15) is 24.3 Å². The minimum Gasteiger partial charge on any atom is -0.382 e. The number of hydrogen-bond acceptors (Lipinski definition) is 1. The van der Waals surface area contributed by atoms with Gasteiger partial charge in [-0.25, -0.2) is 8.78 Å². The van der Waals surface area contributed by atoms with E-state index in [9.17, 15) is 8.78 Å². The molecule has 2 aromatic rings. The van der Waals surface area contributed by atoms with Gasteiger partial charge in [0.15, 0.2) is 0 Å². The molecule has 0 heterocycles. The minimum absolute atomic E-state index is 0.278. The van der Waals surface area contributed by atoms with E-state index >= 15 is 0 Å². The molecule has 1 N–H and O–H groups in total. The normalized spacial score (nSPS) is 21.4. The average Bonchev–Trinajstić information content (AvgIpc) is 2.32. The van der Waals surface area contributed by atoms with Crippen LogP contribution in [0.5, 0.6) is 0 Å². The number of hydrogen-bond donors (Lipinski definition) is 1. The van der Waals surface area contributed by atoms with Crippen LogP contribution in [0.4, 0.5) is 14.5 Å². The Bertz CT molecular complexity index is 603. The van der Waals surface area contributed by atoms with Gasteiger partial charge in [0.05, 0.1) is 0 Å². The van der Waals surface area contributed by atoms with Gasteiger partial charge in [0.2, 0.25) is 0 Å². The molecule has 0 spiro atoms. The largest absolute Gasteiger partial charge is 0.382 e. The maximum atomic E-state index is 13.1. The molecule has 1 aliphatic carbocycles. The van der Waals surface area contributed by atoms with Crippen LogP contribution in [0.2, 0.25) is 0 Å². The molecule has 2 aromatic carbocycles. The van der Waals surface area contributed by atoms with Crippen LogP contribution in [0.3, 0.4) is 0 Å². The van der Waals surface area contributed by atoms with Gasteiger partial charge in [-0.2, -0.15) is 0 Å². The molecule has 0 bridgehead atoms. The van der Waals surface area contributed by atoms with Gasteiger partial charge >= 0.3 is 0 Å². The van der Waals surface area contributed by atoms with Crippen molar-refractivity contribution in [2.75, 3.05) is 5.32 Å². The van der Waals surface area contributed by atoms with Crippen molar-refractivity contribution in [2.24, 2.45) is 0 Å². The van der Waals surface area contributed by atoms with Crippen molar-refractivity contribution in [3.63, 3.8) is 0 Å². The van der Waals surface area contributed by atoms with Gasteiger partial charge in [0.1, 0.15) is 11.6 Å². The average molecular weight is 338 g/mol. The van der Waals surface area contributed by atoms with Crippen molar-refractivity contribution in [1.82, 2.24) is 0 Å². The smallest absolute Gasteiger partial charge is 0.128 e. The molecule has 0 atom stereocenters. The van der Waals surface area contributed by atoms with Crippen molar-refractivity contribution in [3.05, 3.63) is 64.1 Å². The summed E-state index contributed by atoms with van der Waals surface area (Å²) in [5, 5.41) is 3.18. The van der Waals surface area contributed by atoms with Crippen LogP contribution in [-0.2, 0) is 0 Å². The Hall–Kier alpha value is -1.42. The summed E-state index contributed by atoms with van der Waals surface area (Å²) in [6.07, 6.45) is 1.96. The molecule has 0 radical (unpaired) electrons. The van der Waals surface area contributed by atoms with Gasteiger partial charge in [0, 0.05) is 22.3 Å². The van der Waals surface area contributed by atoms with Gasteiger partial charge in [-0.3, -0.25) is 0 Å². The Balaban J connectivity index is 1.61. The summed E-state index contributed by atoms with van der Waals surface area (Å²) in [5.41, 5.74) is 1.82. The molecule has 4 heteroatoms. The quantitative estimate of drug-likeness (QED) is 0.822. The number of rotatable bonds is 3. The van der Waals surface area contributed by atoms with Crippen LogP contribution in [-0.4, -0.2) is 6.04 Å². The first-order valence-electron chi connectivity index (χ1n) is 6.58. The molecule has 1 saturated carbocycles. The summed E-state index contributed by atoms with van der Waals surface area (Å²) in [4.78, 5) is 0. The maximum absolute atomic E-state index is 13.1. The highest BCUT2D eigenvalue weighted by molar-refractivity contribution is 9.10. The highest BCUT2D eigenvalue weighted by Gasteiger charge is 2.30. The number of nitrogens with one attached hydrogen (secondary N) is 1. The van der Waals surface area contributed by atoms with Crippen molar-refractivity contribution in [1.29, 1.82) is 0 Å². The van der Waals surface area contributed by atoms with E-state index < -0.39 is 11.6 Å². The van der Waals surface area contributed by atoms with Gasteiger partial charge in [-0.15, -0.1) is 0 Å². The van der Waals surface area contributed by atoms with Crippen LogP contribution in [0.25, 0.3) is 0 Å². The van der Waals surface area contributed by atoms with E-state index in [0.29, 0.717) is 11.6 Å². The lowest BCUT2D eigenvalue weighted by molar-refractivity contribution is 0.374. The fourth-order valence-electron chi connectivity index (χ4n) is 2.64.